The summed E-state index contributed by atoms with van der Waals surface area (Å²) in [5, 5.41) is 3.59. The van der Waals surface area contributed by atoms with Crippen molar-refractivity contribution in [3.8, 4) is 0 Å². The third-order valence-electron chi connectivity index (χ3n) is 5.83. The number of likely N-dealkylation sites (tertiary alicyclic amines) is 1. The lowest BCUT2D eigenvalue weighted by atomic mass is 9.99. The van der Waals surface area contributed by atoms with Crippen LogP contribution in [0.3, 0.4) is 0 Å². The molecule has 5 nitrogen and oxygen atoms in total. The second-order valence-corrected chi connectivity index (χ2v) is 7.44. The first-order valence-electron chi connectivity index (χ1n) is 9.58. The van der Waals surface area contributed by atoms with E-state index in [-0.39, 0.29) is 17.7 Å². The number of para-hydroxylation sites is 1. The number of hydrogen-bond acceptors (Lipinski definition) is 3. The van der Waals surface area contributed by atoms with Crippen molar-refractivity contribution in [3.05, 3.63) is 41.6 Å². The molecule has 1 saturated carbocycles. The van der Waals surface area contributed by atoms with E-state index < -0.39 is 0 Å². The molecule has 1 aliphatic heterocycles. The van der Waals surface area contributed by atoms with Crippen molar-refractivity contribution in [2.75, 3.05) is 20.1 Å². The van der Waals surface area contributed by atoms with Crippen LogP contribution >= 0.6 is 0 Å². The number of fused-ring (bicyclic) bond motifs is 1. The molecule has 4 rings (SSSR count). The Kier molecular flexibility index (Phi) is 4.62. The first-order valence-corrected chi connectivity index (χ1v) is 9.58. The zero-order valence-electron chi connectivity index (χ0n) is 15.2. The van der Waals surface area contributed by atoms with Crippen molar-refractivity contribution in [2.24, 2.45) is 5.92 Å². The number of carbonyl (C=O) groups excluding carboxylic acids is 2. The van der Waals surface area contributed by atoms with Gasteiger partial charge in [0.2, 0.25) is 5.91 Å². The van der Waals surface area contributed by atoms with Gasteiger partial charge in [0.25, 0.3) is 5.91 Å². The van der Waals surface area contributed by atoms with Gasteiger partial charge in [-0.3, -0.25) is 14.6 Å². The minimum Gasteiger partial charge on any atom is -0.355 e. The highest BCUT2D eigenvalue weighted by Gasteiger charge is 2.33. The number of hydrogen-bond donors (Lipinski definition) is 1. The number of rotatable bonds is 3. The minimum atomic E-state index is -0.0956. The summed E-state index contributed by atoms with van der Waals surface area (Å²) in [5.74, 6) is 0.646. The molecule has 1 aliphatic carbocycles. The van der Waals surface area contributed by atoms with Crippen LogP contribution < -0.4 is 5.32 Å². The van der Waals surface area contributed by atoms with Crippen molar-refractivity contribution in [1.29, 1.82) is 0 Å². The maximum absolute atomic E-state index is 12.7. The number of nitrogens with zero attached hydrogens (tertiary/aromatic N) is 2. The third kappa shape index (κ3) is 3.06. The van der Waals surface area contributed by atoms with Gasteiger partial charge < -0.3 is 10.2 Å². The van der Waals surface area contributed by atoms with Crippen LogP contribution in [-0.2, 0) is 4.79 Å². The van der Waals surface area contributed by atoms with Crippen LogP contribution in [0.15, 0.2) is 30.3 Å². The summed E-state index contributed by atoms with van der Waals surface area (Å²) in [6.45, 7) is 1.51. The molecule has 1 N–H and O–H groups in total. The van der Waals surface area contributed by atoms with Crippen molar-refractivity contribution < 1.29 is 9.59 Å². The second kappa shape index (κ2) is 7.06. The highest BCUT2D eigenvalue weighted by Crippen LogP contribution is 2.33. The van der Waals surface area contributed by atoms with E-state index in [4.69, 9.17) is 4.98 Å². The standard InChI is InChI=1S/C21H25N3O2/c1-22-20(25)17-12-19(23-18-9-5-4-8-16(17)18)15-10-11-24(13-15)21(26)14-6-2-3-7-14/h4-5,8-9,12,14-15H,2-3,6-7,10-11,13H2,1H3,(H,22,25)/t15-/m0/s1. The number of aromatic nitrogens is 1. The molecule has 2 heterocycles. The van der Waals surface area contributed by atoms with E-state index in [1.54, 1.807) is 7.05 Å². The van der Waals surface area contributed by atoms with Crippen LogP contribution in [-0.4, -0.2) is 41.8 Å². The summed E-state index contributed by atoms with van der Waals surface area (Å²) in [4.78, 5) is 31.9. The fourth-order valence-corrected chi connectivity index (χ4v) is 4.36. The molecule has 2 fully saturated rings. The van der Waals surface area contributed by atoms with Crippen LogP contribution in [0.2, 0.25) is 0 Å². The molecular weight excluding hydrogens is 326 g/mol. The summed E-state index contributed by atoms with van der Waals surface area (Å²) in [7, 11) is 1.65. The number of benzene rings is 1. The molecule has 2 aromatic rings. The molecule has 5 heteroatoms. The number of amides is 2. The average Bonchev–Trinajstić information content (AvgIpc) is 3.38. The molecule has 0 radical (unpaired) electrons. The van der Waals surface area contributed by atoms with Gasteiger partial charge in [0.1, 0.15) is 0 Å². The molecule has 1 saturated heterocycles. The molecule has 1 aromatic carbocycles. The predicted molar refractivity (Wildman–Crippen MR) is 101 cm³/mol. The van der Waals surface area contributed by atoms with Gasteiger partial charge in [0, 0.05) is 43.1 Å². The Morgan fingerprint density at radius 3 is 2.69 bits per heavy atom. The molecule has 136 valence electrons. The molecule has 0 spiro atoms. The molecule has 2 aliphatic rings. The molecular formula is C21H25N3O2. The summed E-state index contributed by atoms with van der Waals surface area (Å²) in [6, 6.07) is 9.66. The van der Waals surface area contributed by atoms with Crippen LogP contribution in [0.5, 0.6) is 0 Å². The van der Waals surface area contributed by atoms with Gasteiger partial charge in [0.05, 0.1) is 11.1 Å². The van der Waals surface area contributed by atoms with Gasteiger partial charge in [-0.25, -0.2) is 0 Å². The SMILES string of the molecule is CNC(=O)c1cc([C@H]2CCN(C(=O)C3CCCC3)C2)nc2ccccc12. The van der Waals surface area contributed by atoms with Crippen LogP contribution in [0.1, 0.15) is 54.1 Å². The van der Waals surface area contributed by atoms with E-state index in [0.29, 0.717) is 18.0 Å². The van der Waals surface area contributed by atoms with Gasteiger partial charge in [0.15, 0.2) is 0 Å². The van der Waals surface area contributed by atoms with Crippen LogP contribution in [0.4, 0.5) is 0 Å². The smallest absolute Gasteiger partial charge is 0.251 e. The normalized spacial score (nSPS) is 20.7. The lowest BCUT2D eigenvalue weighted by molar-refractivity contribution is -0.134. The Morgan fingerprint density at radius 1 is 1.15 bits per heavy atom. The molecule has 1 atom stereocenters. The van der Waals surface area contributed by atoms with Crippen LogP contribution in [0, 0.1) is 5.92 Å². The average molecular weight is 351 g/mol. The maximum atomic E-state index is 12.7. The molecule has 0 unspecified atom stereocenters. The molecule has 1 aromatic heterocycles. The Morgan fingerprint density at radius 2 is 1.92 bits per heavy atom. The molecule has 26 heavy (non-hydrogen) atoms. The van der Waals surface area contributed by atoms with Crippen molar-refractivity contribution in [1.82, 2.24) is 15.2 Å². The zero-order valence-corrected chi connectivity index (χ0v) is 15.2. The lowest BCUT2D eigenvalue weighted by Gasteiger charge is -2.20. The predicted octanol–water partition coefficient (Wildman–Crippen LogP) is 3.10. The van der Waals surface area contributed by atoms with E-state index in [1.165, 1.54) is 12.8 Å². The monoisotopic (exact) mass is 351 g/mol. The largest absolute Gasteiger partial charge is 0.355 e. The van der Waals surface area contributed by atoms with Gasteiger partial charge in [-0.05, 0) is 31.4 Å². The fourth-order valence-electron chi connectivity index (χ4n) is 4.36. The lowest BCUT2D eigenvalue weighted by Crippen LogP contribution is -2.33. The summed E-state index contributed by atoms with van der Waals surface area (Å²) < 4.78 is 0. The number of pyridine rings is 1. The Hall–Kier alpha value is -2.43. The zero-order chi connectivity index (χ0) is 18.1. The number of nitrogens with one attached hydrogen (secondary N) is 1. The van der Waals surface area contributed by atoms with E-state index >= 15 is 0 Å². The van der Waals surface area contributed by atoms with Gasteiger partial charge in [-0.15, -0.1) is 0 Å². The fraction of sp³-hybridized carbons (Fsp3) is 0.476. The Bertz CT molecular complexity index is 842. The van der Waals surface area contributed by atoms with Gasteiger partial charge in [-0.2, -0.15) is 0 Å². The van der Waals surface area contributed by atoms with E-state index in [0.717, 1.165) is 42.4 Å². The summed E-state index contributed by atoms with van der Waals surface area (Å²) >= 11 is 0. The van der Waals surface area contributed by atoms with E-state index in [9.17, 15) is 9.59 Å². The highest BCUT2D eigenvalue weighted by atomic mass is 16.2. The second-order valence-electron chi connectivity index (χ2n) is 7.44. The van der Waals surface area contributed by atoms with Crippen molar-refractivity contribution in [2.45, 2.75) is 38.0 Å². The van der Waals surface area contributed by atoms with E-state index in [2.05, 4.69) is 5.32 Å². The summed E-state index contributed by atoms with van der Waals surface area (Å²) in [6.07, 6.45) is 5.34. The quantitative estimate of drug-likeness (QED) is 0.924. The molecule has 0 bridgehead atoms. The number of carbonyl (C=O) groups is 2. The minimum absolute atomic E-state index is 0.0956. The van der Waals surface area contributed by atoms with Crippen molar-refractivity contribution in [3.63, 3.8) is 0 Å². The third-order valence-corrected chi connectivity index (χ3v) is 5.83. The van der Waals surface area contributed by atoms with Crippen LogP contribution in [0.25, 0.3) is 10.9 Å². The first kappa shape index (κ1) is 17.0. The topological polar surface area (TPSA) is 62.3 Å². The van der Waals surface area contributed by atoms with Gasteiger partial charge in [-0.1, -0.05) is 31.0 Å². The molecule has 2 amide bonds. The highest BCUT2D eigenvalue weighted by molar-refractivity contribution is 6.06. The van der Waals surface area contributed by atoms with Gasteiger partial charge >= 0.3 is 0 Å². The first-order chi connectivity index (χ1) is 12.7. The van der Waals surface area contributed by atoms with Crippen molar-refractivity contribution >= 4 is 22.7 Å². The Balaban J connectivity index is 1.61. The van der Waals surface area contributed by atoms with E-state index in [1.807, 2.05) is 35.2 Å². The summed E-state index contributed by atoms with van der Waals surface area (Å²) in [5.41, 5.74) is 2.42. The maximum Gasteiger partial charge on any atom is 0.251 e. The Labute approximate surface area is 153 Å².